The Hall–Kier alpha value is -1.23. The summed E-state index contributed by atoms with van der Waals surface area (Å²) < 4.78 is 29.4. The molecule has 1 heterocycles. The number of carbonyl (C=O) groups excluding carboxylic acids is 1. The third kappa shape index (κ3) is 1.98. The SMILES string of the molecule is COc1c(C=O)cc(Cl)nc1C(F)F. The lowest BCUT2D eigenvalue weighted by atomic mass is 10.2. The molecule has 0 aliphatic heterocycles. The van der Waals surface area contributed by atoms with Crippen molar-refractivity contribution in [1.29, 1.82) is 0 Å². The van der Waals surface area contributed by atoms with Crippen LogP contribution in [0.3, 0.4) is 0 Å². The van der Waals surface area contributed by atoms with Gasteiger partial charge in [0.1, 0.15) is 5.15 Å². The fraction of sp³-hybridized carbons (Fsp3) is 0.250. The Morgan fingerprint density at radius 1 is 1.64 bits per heavy atom. The van der Waals surface area contributed by atoms with E-state index in [9.17, 15) is 13.6 Å². The molecule has 0 aliphatic carbocycles. The molecule has 0 saturated carbocycles. The predicted molar refractivity (Wildman–Crippen MR) is 46.1 cm³/mol. The van der Waals surface area contributed by atoms with Gasteiger partial charge in [0.2, 0.25) is 0 Å². The molecule has 0 radical (unpaired) electrons. The van der Waals surface area contributed by atoms with Gasteiger partial charge in [-0.1, -0.05) is 11.6 Å². The van der Waals surface area contributed by atoms with Crippen LogP contribution >= 0.6 is 11.6 Å². The second-order valence-corrected chi connectivity index (χ2v) is 2.76. The van der Waals surface area contributed by atoms with Crippen molar-refractivity contribution in [2.45, 2.75) is 6.43 Å². The molecule has 0 N–H and O–H groups in total. The molecular weight excluding hydrogens is 216 g/mol. The number of nitrogens with zero attached hydrogens (tertiary/aromatic N) is 1. The molecule has 6 heteroatoms. The standard InChI is InChI=1S/C8H6ClF2NO2/c1-14-7-4(3-13)2-5(9)12-6(7)8(10)11/h2-3,8H,1H3. The Labute approximate surface area is 83.7 Å². The van der Waals surface area contributed by atoms with Crippen molar-refractivity contribution in [2.24, 2.45) is 0 Å². The van der Waals surface area contributed by atoms with E-state index in [1.807, 2.05) is 0 Å². The van der Waals surface area contributed by atoms with Crippen molar-refractivity contribution in [2.75, 3.05) is 7.11 Å². The van der Waals surface area contributed by atoms with Crippen LogP contribution < -0.4 is 4.74 Å². The molecule has 0 amide bonds. The number of ether oxygens (including phenoxy) is 1. The van der Waals surface area contributed by atoms with E-state index in [0.717, 1.165) is 0 Å². The van der Waals surface area contributed by atoms with E-state index in [-0.39, 0.29) is 16.5 Å². The van der Waals surface area contributed by atoms with E-state index in [1.165, 1.54) is 13.2 Å². The fourth-order valence-electron chi connectivity index (χ4n) is 0.998. The van der Waals surface area contributed by atoms with Crippen molar-refractivity contribution in [3.05, 3.63) is 22.5 Å². The zero-order valence-electron chi connectivity index (χ0n) is 7.13. The summed E-state index contributed by atoms with van der Waals surface area (Å²) in [5.74, 6) is -0.237. The number of carbonyl (C=O) groups is 1. The first-order valence-corrected chi connectivity index (χ1v) is 3.95. The predicted octanol–water partition coefficient (Wildman–Crippen LogP) is 2.49. The molecule has 0 fully saturated rings. The average Bonchev–Trinajstić information content (AvgIpc) is 2.16. The number of methoxy groups -OCH3 is 1. The highest BCUT2D eigenvalue weighted by Gasteiger charge is 2.20. The van der Waals surface area contributed by atoms with Crippen molar-refractivity contribution in [3.8, 4) is 5.75 Å². The van der Waals surface area contributed by atoms with Crippen LogP contribution in [0, 0.1) is 0 Å². The summed E-state index contributed by atoms with van der Waals surface area (Å²) in [5, 5.41) is -0.164. The minimum atomic E-state index is -2.83. The zero-order chi connectivity index (χ0) is 10.7. The number of hydrogen-bond acceptors (Lipinski definition) is 3. The Kier molecular flexibility index (Phi) is 3.35. The third-order valence-electron chi connectivity index (χ3n) is 1.53. The monoisotopic (exact) mass is 221 g/mol. The van der Waals surface area contributed by atoms with Crippen LogP contribution in [0.1, 0.15) is 22.5 Å². The Bertz CT molecular complexity index is 357. The van der Waals surface area contributed by atoms with Gasteiger partial charge in [0.15, 0.2) is 17.7 Å². The molecule has 0 saturated heterocycles. The van der Waals surface area contributed by atoms with Gasteiger partial charge in [0.05, 0.1) is 12.7 Å². The first kappa shape index (κ1) is 10.8. The molecule has 1 aromatic heterocycles. The van der Waals surface area contributed by atoms with E-state index in [1.54, 1.807) is 0 Å². The van der Waals surface area contributed by atoms with Crippen LogP contribution in [-0.2, 0) is 0 Å². The molecule has 0 bridgehead atoms. The van der Waals surface area contributed by atoms with Crippen LogP contribution in [-0.4, -0.2) is 18.4 Å². The Morgan fingerprint density at radius 2 is 2.29 bits per heavy atom. The maximum absolute atomic E-state index is 12.4. The first-order valence-electron chi connectivity index (χ1n) is 3.58. The lowest BCUT2D eigenvalue weighted by molar-refractivity contribution is 0.111. The van der Waals surface area contributed by atoms with Crippen LogP contribution in [0.25, 0.3) is 0 Å². The molecule has 0 aromatic carbocycles. The highest BCUT2D eigenvalue weighted by Crippen LogP contribution is 2.31. The number of pyridine rings is 1. The number of rotatable bonds is 3. The van der Waals surface area contributed by atoms with Gasteiger partial charge < -0.3 is 4.74 Å². The van der Waals surface area contributed by atoms with Gasteiger partial charge in [-0.2, -0.15) is 0 Å². The van der Waals surface area contributed by atoms with Crippen LogP contribution in [0.2, 0.25) is 5.15 Å². The maximum atomic E-state index is 12.4. The smallest absolute Gasteiger partial charge is 0.284 e. The average molecular weight is 222 g/mol. The van der Waals surface area contributed by atoms with Crippen molar-refractivity contribution < 1.29 is 18.3 Å². The highest BCUT2D eigenvalue weighted by molar-refractivity contribution is 6.29. The molecule has 0 spiro atoms. The maximum Gasteiger partial charge on any atom is 0.284 e. The van der Waals surface area contributed by atoms with E-state index in [4.69, 9.17) is 11.6 Å². The molecule has 1 rings (SSSR count). The van der Waals surface area contributed by atoms with Gasteiger partial charge in [0, 0.05) is 0 Å². The Balaban J connectivity index is 3.39. The summed E-state index contributed by atoms with van der Waals surface area (Å²) in [4.78, 5) is 13.9. The summed E-state index contributed by atoms with van der Waals surface area (Å²) in [5.41, 5.74) is -0.662. The van der Waals surface area contributed by atoms with Crippen LogP contribution in [0.4, 0.5) is 8.78 Å². The van der Waals surface area contributed by atoms with Gasteiger partial charge in [-0.15, -0.1) is 0 Å². The van der Waals surface area contributed by atoms with Crippen molar-refractivity contribution >= 4 is 17.9 Å². The number of halogens is 3. The molecule has 1 aromatic rings. The second-order valence-electron chi connectivity index (χ2n) is 2.37. The van der Waals surface area contributed by atoms with E-state index in [0.29, 0.717) is 6.29 Å². The fourth-order valence-corrected chi connectivity index (χ4v) is 1.21. The molecule has 0 aliphatic rings. The summed E-state index contributed by atoms with van der Waals surface area (Å²) in [6.07, 6.45) is -2.44. The summed E-state index contributed by atoms with van der Waals surface area (Å²) in [7, 11) is 1.18. The molecule has 0 unspecified atom stereocenters. The number of aromatic nitrogens is 1. The molecule has 14 heavy (non-hydrogen) atoms. The number of hydrogen-bond donors (Lipinski definition) is 0. The minimum Gasteiger partial charge on any atom is -0.494 e. The van der Waals surface area contributed by atoms with Gasteiger partial charge >= 0.3 is 0 Å². The normalized spacial score (nSPS) is 10.4. The zero-order valence-corrected chi connectivity index (χ0v) is 7.89. The van der Waals surface area contributed by atoms with E-state index in [2.05, 4.69) is 9.72 Å². The quantitative estimate of drug-likeness (QED) is 0.582. The minimum absolute atomic E-state index is 0.0391. The van der Waals surface area contributed by atoms with E-state index >= 15 is 0 Å². The van der Waals surface area contributed by atoms with Crippen molar-refractivity contribution in [3.63, 3.8) is 0 Å². The lowest BCUT2D eigenvalue weighted by Gasteiger charge is -2.09. The highest BCUT2D eigenvalue weighted by atomic mass is 35.5. The summed E-state index contributed by atoms with van der Waals surface area (Å²) in [6.45, 7) is 0. The third-order valence-corrected chi connectivity index (χ3v) is 1.73. The first-order chi connectivity index (χ1) is 6.60. The summed E-state index contributed by atoms with van der Waals surface area (Å²) in [6, 6.07) is 1.17. The lowest BCUT2D eigenvalue weighted by Crippen LogP contribution is -2.00. The van der Waals surface area contributed by atoms with Crippen LogP contribution in [0.15, 0.2) is 6.07 Å². The molecule has 0 atom stereocenters. The Morgan fingerprint density at radius 3 is 2.71 bits per heavy atom. The second kappa shape index (κ2) is 4.32. The molecular formula is C8H6ClF2NO2. The molecule has 3 nitrogen and oxygen atoms in total. The van der Waals surface area contributed by atoms with Gasteiger partial charge in [-0.05, 0) is 6.07 Å². The van der Waals surface area contributed by atoms with Crippen molar-refractivity contribution in [1.82, 2.24) is 4.98 Å². The van der Waals surface area contributed by atoms with Crippen LogP contribution in [0.5, 0.6) is 5.75 Å². The topological polar surface area (TPSA) is 39.2 Å². The van der Waals surface area contributed by atoms with Gasteiger partial charge in [-0.3, -0.25) is 4.79 Å². The number of aldehydes is 1. The number of alkyl halides is 2. The molecule has 76 valence electrons. The summed E-state index contributed by atoms with van der Waals surface area (Å²) >= 11 is 5.44. The van der Waals surface area contributed by atoms with E-state index < -0.39 is 12.1 Å². The largest absolute Gasteiger partial charge is 0.494 e. The van der Waals surface area contributed by atoms with Gasteiger partial charge in [0.25, 0.3) is 6.43 Å². The van der Waals surface area contributed by atoms with Gasteiger partial charge in [-0.25, -0.2) is 13.8 Å².